The van der Waals surface area contributed by atoms with Gasteiger partial charge in [-0.15, -0.1) is 5.10 Å². The fourth-order valence-electron chi connectivity index (χ4n) is 2.14. The Bertz CT molecular complexity index is 748. The highest BCUT2D eigenvalue weighted by Crippen LogP contribution is 2.61. The Hall–Kier alpha value is -1.08. The van der Waals surface area contributed by atoms with Gasteiger partial charge in [0, 0.05) is 17.5 Å². The Kier molecular flexibility index (Phi) is 7.72. The Morgan fingerprint density at radius 2 is 1.73 bits per heavy atom. The van der Waals surface area contributed by atoms with Crippen LogP contribution < -0.4 is 19.6 Å². The zero-order valence-corrected chi connectivity index (χ0v) is 17.0. The van der Waals surface area contributed by atoms with Crippen molar-refractivity contribution in [2.24, 2.45) is 0 Å². The normalized spacial score (nSPS) is 13.8. The van der Waals surface area contributed by atoms with Crippen LogP contribution in [0, 0.1) is 0 Å². The van der Waals surface area contributed by atoms with Crippen molar-refractivity contribution in [3.63, 3.8) is 0 Å². The maximum absolute atomic E-state index is 11.3. The highest BCUT2D eigenvalue weighted by molar-refractivity contribution is 7.69. The molecule has 0 aliphatic heterocycles. The Balaban J connectivity index is 2.83. The molecule has 1 aromatic heterocycles. The summed E-state index contributed by atoms with van der Waals surface area (Å²) in [4.78, 5) is 42.2. The van der Waals surface area contributed by atoms with Crippen molar-refractivity contribution in [2.75, 3.05) is 0 Å². The van der Waals surface area contributed by atoms with Crippen LogP contribution in [0.15, 0.2) is 29.5 Å². The predicted octanol–water partition coefficient (Wildman–Crippen LogP) is 0.0569. The number of hydrogen-bond acceptors (Lipinski definition) is 8. The standard InChI is InChI=1S/C15H27N3O6P2/c1-12(2)6-5-7-13(3)8-9-18-11-14(16-17-18)10-15(4,25(19,20)21)26(22,23)24/h6,8,11H,5,7,9-10H2,1-4H3,(H2,19,20,21)(H2,22,23,24)/p-4/b13-8+. The summed E-state index contributed by atoms with van der Waals surface area (Å²) >= 11 is 0. The molecule has 0 saturated heterocycles. The summed E-state index contributed by atoms with van der Waals surface area (Å²) in [6, 6.07) is 0. The van der Waals surface area contributed by atoms with Gasteiger partial charge in [0.25, 0.3) is 0 Å². The summed E-state index contributed by atoms with van der Waals surface area (Å²) in [6.45, 7) is 6.97. The van der Waals surface area contributed by atoms with E-state index in [-0.39, 0.29) is 5.69 Å². The minimum absolute atomic E-state index is 0.0538. The average molecular weight is 403 g/mol. The van der Waals surface area contributed by atoms with Crippen molar-refractivity contribution in [1.29, 1.82) is 0 Å². The molecule has 0 radical (unpaired) electrons. The van der Waals surface area contributed by atoms with Crippen LogP contribution in [-0.2, 0) is 22.1 Å². The fraction of sp³-hybridized carbons (Fsp3) is 0.600. The minimum atomic E-state index is -5.70. The number of nitrogens with zero attached hydrogens (tertiary/aromatic N) is 3. The Labute approximate surface area is 153 Å². The molecule has 1 heterocycles. The van der Waals surface area contributed by atoms with Crippen LogP contribution in [0.2, 0.25) is 0 Å². The highest BCUT2D eigenvalue weighted by atomic mass is 31.2. The smallest absolute Gasteiger partial charge is 0.0840 e. The van der Waals surface area contributed by atoms with E-state index < -0.39 is 26.5 Å². The van der Waals surface area contributed by atoms with E-state index in [1.807, 2.05) is 26.8 Å². The van der Waals surface area contributed by atoms with E-state index in [0.29, 0.717) is 13.5 Å². The maximum Gasteiger partial charge on any atom is 0.0840 e. The zero-order valence-electron chi connectivity index (χ0n) is 15.2. The molecule has 0 atom stereocenters. The fourth-order valence-corrected chi connectivity index (χ4v) is 4.05. The van der Waals surface area contributed by atoms with Crippen LogP contribution in [0.3, 0.4) is 0 Å². The first-order chi connectivity index (χ1) is 11.8. The molecular weight excluding hydrogens is 380 g/mol. The van der Waals surface area contributed by atoms with Gasteiger partial charge in [-0.3, -0.25) is 0 Å². The van der Waals surface area contributed by atoms with Gasteiger partial charge in [0.15, 0.2) is 0 Å². The molecule has 0 saturated carbocycles. The lowest BCUT2D eigenvalue weighted by molar-refractivity contribution is -0.335. The van der Waals surface area contributed by atoms with Gasteiger partial charge in [0.2, 0.25) is 0 Å². The maximum atomic E-state index is 11.3. The van der Waals surface area contributed by atoms with E-state index in [1.165, 1.54) is 16.5 Å². The molecule has 0 spiro atoms. The van der Waals surface area contributed by atoms with Crippen LogP contribution in [0.25, 0.3) is 0 Å². The monoisotopic (exact) mass is 403 g/mol. The molecule has 0 amide bonds. The summed E-state index contributed by atoms with van der Waals surface area (Å²) in [6.07, 6.45) is 6.31. The molecule has 148 valence electrons. The van der Waals surface area contributed by atoms with Gasteiger partial charge in [-0.25, -0.2) is 4.68 Å². The largest absolute Gasteiger partial charge is 0.810 e. The molecule has 0 N–H and O–H groups in total. The summed E-state index contributed by atoms with van der Waals surface area (Å²) < 4.78 is 24.0. The molecular formula is C15H23N3O6P2-4. The SMILES string of the molecule is CC(C)=CCC/C(C)=C/Cn1cc(CC(C)(P(=O)([O-])[O-])P(=O)([O-])[O-])nn1. The molecule has 0 unspecified atom stereocenters. The average Bonchev–Trinajstić information content (AvgIpc) is 2.89. The van der Waals surface area contributed by atoms with E-state index in [2.05, 4.69) is 16.4 Å². The van der Waals surface area contributed by atoms with Gasteiger partial charge in [0.1, 0.15) is 0 Å². The van der Waals surface area contributed by atoms with Crippen molar-refractivity contribution in [1.82, 2.24) is 15.0 Å². The zero-order chi connectivity index (χ0) is 20.2. The molecule has 26 heavy (non-hydrogen) atoms. The number of allylic oxidation sites excluding steroid dienone is 4. The molecule has 0 aliphatic carbocycles. The lowest BCUT2D eigenvalue weighted by Gasteiger charge is -2.57. The molecule has 0 fully saturated rings. The second kappa shape index (κ2) is 8.74. The first kappa shape index (κ1) is 23.0. The van der Waals surface area contributed by atoms with Crippen molar-refractivity contribution < 1.29 is 28.7 Å². The van der Waals surface area contributed by atoms with Crippen LogP contribution in [-0.4, -0.2) is 19.9 Å². The van der Waals surface area contributed by atoms with Crippen LogP contribution in [0.1, 0.15) is 46.2 Å². The summed E-state index contributed by atoms with van der Waals surface area (Å²) in [5, 5.41) is 7.44. The molecule has 0 aliphatic rings. The molecule has 1 aromatic rings. The lowest BCUT2D eigenvalue weighted by Crippen LogP contribution is -2.45. The van der Waals surface area contributed by atoms with Crippen LogP contribution >= 0.6 is 15.2 Å². The van der Waals surface area contributed by atoms with Gasteiger partial charge < -0.3 is 28.7 Å². The highest BCUT2D eigenvalue weighted by Gasteiger charge is 2.34. The second-order valence-corrected chi connectivity index (χ2v) is 11.0. The van der Waals surface area contributed by atoms with Gasteiger partial charge in [-0.05, 0) is 40.5 Å². The quantitative estimate of drug-likeness (QED) is 0.413. The third kappa shape index (κ3) is 6.27. The van der Waals surface area contributed by atoms with Crippen molar-refractivity contribution in [3.8, 4) is 0 Å². The molecule has 11 heteroatoms. The van der Waals surface area contributed by atoms with E-state index in [1.54, 1.807) is 0 Å². The summed E-state index contributed by atoms with van der Waals surface area (Å²) in [5.41, 5.74) is 2.31. The van der Waals surface area contributed by atoms with Gasteiger partial charge >= 0.3 is 0 Å². The number of rotatable bonds is 9. The third-order valence-electron chi connectivity index (χ3n) is 4.00. The van der Waals surface area contributed by atoms with Gasteiger partial charge in [0.05, 0.1) is 12.2 Å². The molecule has 0 bridgehead atoms. The first-order valence-corrected chi connectivity index (χ1v) is 11.1. The third-order valence-corrected chi connectivity index (χ3v) is 8.15. The minimum Gasteiger partial charge on any atom is -0.810 e. The van der Waals surface area contributed by atoms with Crippen LogP contribution in [0.5, 0.6) is 0 Å². The van der Waals surface area contributed by atoms with Gasteiger partial charge in [-0.2, -0.15) is 0 Å². The van der Waals surface area contributed by atoms with E-state index >= 15 is 0 Å². The van der Waals surface area contributed by atoms with E-state index in [0.717, 1.165) is 18.4 Å². The molecule has 0 aromatic carbocycles. The first-order valence-electron chi connectivity index (χ1n) is 7.98. The van der Waals surface area contributed by atoms with Crippen molar-refractivity contribution in [2.45, 2.75) is 58.4 Å². The lowest BCUT2D eigenvalue weighted by atomic mass is 10.1. The van der Waals surface area contributed by atoms with Crippen molar-refractivity contribution in [3.05, 3.63) is 35.2 Å². The van der Waals surface area contributed by atoms with E-state index in [9.17, 15) is 28.7 Å². The summed E-state index contributed by atoms with van der Waals surface area (Å²) in [5.74, 6) is 0. The number of aromatic nitrogens is 3. The Morgan fingerprint density at radius 3 is 2.23 bits per heavy atom. The predicted molar refractivity (Wildman–Crippen MR) is 89.8 cm³/mol. The summed E-state index contributed by atoms with van der Waals surface area (Å²) in [7, 11) is -11.4. The van der Waals surface area contributed by atoms with Gasteiger partial charge in [-0.1, -0.05) is 43.7 Å². The van der Waals surface area contributed by atoms with Crippen molar-refractivity contribution >= 4 is 15.2 Å². The Morgan fingerprint density at radius 1 is 1.15 bits per heavy atom. The second-order valence-electron chi connectivity index (χ2n) is 6.69. The number of hydrogen-bond donors (Lipinski definition) is 0. The topological polar surface area (TPSA) is 157 Å². The van der Waals surface area contributed by atoms with Crippen LogP contribution in [0.4, 0.5) is 0 Å². The molecule has 1 rings (SSSR count). The molecule has 9 nitrogen and oxygen atoms in total. The van der Waals surface area contributed by atoms with E-state index in [4.69, 9.17) is 0 Å².